The Morgan fingerprint density at radius 2 is 2.07 bits per heavy atom. The molecule has 0 radical (unpaired) electrons. The van der Waals surface area contributed by atoms with E-state index in [4.69, 9.17) is 10.8 Å². The largest absolute Gasteiger partial charge is 0.394 e. The Kier molecular flexibility index (Phi) is 4.27. The van der Waals surface area contributed by atoms with E-state index in [0.717, 1.165) is 11.3 Å². The summed E-state index contributed by atoms with van der Waals surface area (Å²) >= 11 is 0. The van der Waals surface area contributed by atoms with Crippen molar-refractivity contribution in [3.8, 4) is 0 Å². The van der Waals surface area contributed by atoms with Crippen molar-refractivity contribution in [1.82, 2.24) is 0 Å². The molecular formula is C11H16N2O2. The van der Waals surface area contributed by atoms with Gasteiger partial charge in [-0.2, -0.15) is 0 Å². The first kappa shape index (κ1) is 11.7. The van der Waals surface area contributed by atoms with Crippen LogP contribution in [0.4, 0.5) is 5.69 Å². The average molecular weight is 208 g/mol. The molecule has 15 heavy (non-hydrogen) atoms. The van der Waals surface area contributed by atoms with Gasteiger partial charge in [-0.05, 0) is 17.7 Å². The molecule has 0 heterocycles. The molecule has 4 heteroatoms. The van der Waals surface area contributed by atoms with E-state index >= 15 is 0 Å². The fourth-order valence-corrected chi connectivity index (χ4v) is 1.17. The summed E-state index contributed by atoms with van der Waals surface area (Å²) in [6, 6.07) is 6.79. The molecule has 0 saturated carbocycles. The van der Waals surface area contributed by atoms with E-state index in [-0.39, 0.29) is 18.6 Å². The van der Waals surface area contributed by atoms with Crippen molar-refractivity contribution in [3.63, 3.8) is 0 Å². The quantitative estimate of drug-likeness (QED) is 0.691. The Hall–Kier alpha value is -1.39. The van der Waals surface area contributed by atoms with E-state index in [1.807, 2.05) is 0 Å². The fourth-order valence-electron chi connectivity index (χ4n) is 1.17. The Labute approximate surface area is 89.1 Å². The van der Waals surface area contributed by atoms with Crippen LogP contribution in [0, 0.1) is 0 Å². The van der Waals surface area contributed by atoms with E-state index < -0.39 is 0 Å². The SMILES string of the molecule is CCC(=O)Nc1ccc(C(N)CO)cc1. The maximum absolute atomic E-state index is 11.1. The molecule has 0 fully saturated rings. The normalized spacial score (nSPS) is 12.2. The highest BCUT2D eigenvalue weighted by atomic mass is 16.3. The third-order valence-corrected chi connectivity index (χ3v) is 2.14. The van der Waals surface area contributed by atoms with Gasteiger partial charge in [0.05, 0.1) is 12.6 Å². The van der Waals surface area contributed by atoms with Gasteiger partial charge in [-0.3, -0.25) is 4.79 Å². The average Bonchev–Trinajstić information content (AvgIpc) is 2.29. The van der Waals surface area contributed by atoms with Crippen LogP contribution in [0.1, 0.15) is 24.9 Å². The molecule has 0 aromatic heterocycles. The number of benzene rings is 1. The van der Waals surface area contributed by atoms with Gasteiger partial charge in [0.25, 0.3) is 0 Å². The van der Waals surface area contributed by atoms with Crippen molar-refractivity contribution in [1.29, 1.82) is 0 Å². The molecule has 0 bridgehead atoms. The monoisotopic (exact) mass is 208 g/mol. The van der Waals surface area contributed by atoms with Crippen LogP contribution in [0.2, 0.25) is 0 Å². The molecule has 4 nitrogen and oxygen atoms in total. The van der Waals surface area contributed by atoms with Crippen LogP contribution >= 0.6 is 0 Å². The minimum Gasteiger partial charge on any atom is -0.394 e. The second-order valence-electron chi connectivity index (χ2n) is 3.31. The van der Waals surface area contributed by atoms with Crippen LogP contribution in [0.3, 0.4) is 0 Å². The second kappa shape index (κ2) is 5.48. The molecule has 0 aliphatic rings. The number of carbonyl (C=O) groups is 1. The topological polar surface area (TPSA) is 75.4 Å². The van der Waals surface area contributed by atoms with E-state index in [1.54, 1.807) is 31.2 Å². The van der Waals surface area contributed by atoms with E-state index in [9.17, 15) is 4.79 Å². The van der Waals surface area contributed by atoms with Gasteiger partial charge in [-0.1, -0.05) is 19.1 Å². The summed E-state index contributed by atoms with van der Waals surface area (Å²) in [4.78, 5) is 11.1. The lowest BCUT2D eigenvalue weighted by molar-refractivity contribution is -0.115. The predicted molar refractivity (Wildman–Crippen MR) is 59.4 cm³/mol. The van der Waals surface area contributed by atoms with Gasteiger partial charge < -0.3 is 16.2 Å². The Morgan fingerprint density at radius 3 is 2.53 bits per heavy atom. The fraction of sp³-hybridized carbons (Fsp3) is 0.364. The Morgan fingerprint density at radius 1 is 1.47 bits per heavy atom. The van der Waals surface area contributed by atoms with Gasteiger partial charge in [-0.15, -0.1) is 0 Å². The van der Waals surface area contributed by atoms with Crippen molar-refractivity contribution in [2.24, 2.45) is 5.73 Å². The van der Waals surface area contributed by atoms with Crippen LogP contribution in [0.15, 0.2) is 24.3 Å². The number of nitrogens with one attached hydrogen (secondary N) is 1. The lowest BCUT2D eigenvalue weighted by Crippen LogP contribution is -2.14. The zero-order valence-corrected chi connectivity index (χ0v) is 8.73. The number of anilines is 1. The lowest BCUT2D eigenvalue weighted by Gasteiger charge is -2.09. The molecule has 1 unspecified atom stereocenters. The number of aliphatic hydroxyl groups excluding tert-OH is 1. The number of carbonyl (C=O) groups excluding carboxylic acids is 1. The molecule has 1 amide bonds. The van der Waals surface area contributed by atoms with E-state index in [2.05, 4.69) is 5.32 Å². The van der Waals surface area contributed by atoms with Gasteiger partial charge >= 0.3 is 0 Å². The van der Waals surface area contributed by atoms with Crippen LogP contribution in [0.5, 0.6) is 0 Å². The zero-order valence-electron chi connectivity index (χ0n) is 8.73. The van der Waals surface area contributed by atoms with Crippen LogP contribution in [-0.2, 0) is 4.79 Å². The van der Waals surface area contributed by atoms with Crippen molar-refractivity contribution in [3.05, 3.63) is 29.8 Å². The molecule has 1 aromatic carbocycles. The second-order valence-corrected chi connectivity index (χ2v) is 3.31. The zero-order chi connectivity index (χ0) is 11.3. The molecular weight excluding hydrogens is 192 g/mol. The lowest BCUT2D eigenvalue weighted by atomic mass is 10.1. The van der Waals surface area contributed by atoms with Gasteiger partial charge in [0, 0.05) is 12.1 Å². The molecule has 0 saturated heterocycles. The number of hydrogen-bond acceptors (Lipinski definition) is 3. The summed E-state index contributed by atoms with van der Waals surface area (Å²) in [5, 5.41) is 11.6. The summed E-state index contributed by atoms with van der Waals surface area (Å²) < 4.78 is 0. The molecule has 1 atom stereocenters. The van der Waals surface area contributed by atoms with Gasteiger partial charge in [0.1, 0.15) is 0 Å². The van der Waals surface area contributed by atoms with Gasteiger partial charge in [0.15, 0.2) is 0 Å². The molecule has 0 spiro atoms. The minimum absolute atomic E-state index is 0.0193. The van der Waals surface area contributed by atoms with Crippen molar-refractivity contribution >= 4 is 11.6 Å². The summed E-state index contributed by atoms with van der Waals surface area (Å²) in [5.74, 6) is -0.0193. The van der Waals surface area contributed by atoms with E-state index in [1.165, 1.54) is 0 Å². The highest BCUT2D eigenvalue weighted by Gasteiger charge is 2.04. The summed E-state index contributed by atoms with van der Waals surface area (Å²) in [5.41, 5.74) is 7.23. The van der Waals surface area contributed by atoms with Gasteiger partial charge in [0.2, 0.25) is 5.91 Å². The standard InChI is InChI=1S/C11H16N2O2/c1-2-11(15)13-9-5-3-8(4-6-9)10(12)7-14/h3-6,10,14H,2,7,12H2,1H3,(H,13,15). The van der Waals surface area contributed by atoms with Crippen molar-refractivity contribution < 1.29 is 9.90 Å². The number of hydrogen-bond donors (Lipinski definition) is 3. The number of nitrogens with two attached hydrogens (primary N) is 1. The third-order valence-electron chi connectivity index (χ3n) is 2.14. The molecule has 4 N–H and O–H groups in total. The molecule has 0 aliphatic carbocycles. The predicted octanol–water partition coefficient (Wildman–Crippen LogP) is 1.03. The summed E-state index contributed by atoms with van der Waals surface area (Å²) in [7, 11) is 0. The van der Waals surface area contributed by atoms with Crippen molar-refractivity contribution in [2.75, 3.05) is 11.9 Å². The summed E-state index contributed by atoms with van der Waals surface area (Å²) in [6.07, 6.45) is 0.456. The molecule has 1 rings (SSSR count). The van der Waals surface area contributed by atoms with Crippen LogP contribution < -0.4 is 11.1 Å². The Bertz CT molecular complexity index is 322. The Balaban J connectivity index is 2.68. The van der Waals surface area contributed by atoms with Crippen LogP contribution in [0.25, 0.3) is 0 Å². The van der Waals surface area contributed by atoms with Crippen molar-refractivity contribution in [2.45, 2.75) is 19.4 Å². The maximum Gasteiger partial charge on any atom is 0.224 e. The highest BCUT2D eigenvalue weighted by molar-refractivity contribution is 5.90. The highest BCUT2D eigenvalue weighted by Crippen LogP contribution is 2.14. The molecule has 0 aliphatic heterocycles. The first-order valence-corrected chi connectivity index (χ1v) is 4.93. The smallest absolute Gasteiger partial charge is 0.224 e. The number of amides is 1. The van der Waals surface area contributed by atoms with E-state index in [0.29, 0.717) is 6.42 Å². The molecule has 1 aromatic rings. The number of aliphatic hydroxyl groups is 1. The van der Waals surface area contributed by atoms with Gasteiger partial charge in [-0.25, -0.2) is 0 Å². The number of rotatable bonds is 4. The van der Waals surface area contributed by atoms with Crippen LogP contribution in [-0.4, -0.2) is 17.6 Å². The minimum atomic E-state index is -0.360. The summed E-state index contributed by atoms with van der Waals surface area (Å²) in [6.45, 7) is 1.71. The first-order chi connectivity index (χ1) is 7.17. The maximum atomic E-state index is 11.1. The molecule has 82 valence electrons. The first-order valence-electron chi connectivity index (χ1n) is 4.93. The third kappa shape index (κ3) is 3.34.